The molecule has 8 nitrogen and oxygen atoms in total. The minimum absolute atomic E-state index is 0.0251. The number of amides is 2. The number of nitrogens with zero attached hydrogens (tertiary/aromatic N) is 3. The normalized spacial score (nSPS) is 21.3. The van der Waals surface area contributed by atoms with Crippen LogP contribution in [0.1, 0.15) is 70.7 Å². The third kappa shape index (κ3) is 6.37. The molecule has 168 valence electrons. The van der Waals surface area contributed by atoms with E-state index < -0.39 is 0 Å². The van der Waals surface area contributed by atoms with Gasteiger partial charge in [0.25, 0.3) is 0 Å². The van der Waals surface area contributed by atoms with E-state index in [0.29, 0.717) is 18.0 Å². The first-order chi connectivity index (χ1) is 14.7. The number of carbonyl (C=O) groups excluding carboxylic acids is 2. The third-order valence-corrected chi connectivity index (χ3v) is 5.50. The smallest absolute Gasteiger partial charge is 0.246 e. The van der Waals surface area contributed by atoms with Crippen molar-refractivity contribution in [3.05, 3.63) is 41.7 Å². The largest absolute Gasteiger partial charge is 0.370 e. The van der Waals surface area contributed by atoms with E-state index in [2.05, 4.69) is 34.8 Å². The lowest BCUT2D eigenvalue weighted by Gasteiger charge is -2.38. The Morgan fingerprint density at radius 2 is 2.00 bits per heavy atom. The predicted octanol–water partition coefficient (Wildman–Crippen LogP) is 3.42. The van der Waals surface area contributed by atoms with E-state index in [1.54, 1.807) is 17.8 Å². The summed E-state index contributed by atoms with van der Waals surface area (Å²) in [7, 11) is 0. The summed E-state index contributed by atoms with van der Waals surface area (Å²) in [6.07, 6.45) is 3.23. The van der Waals surface area contributed by atoms with Crippen LogP contribution < -0.4 is 10.6 Å². The fourth-order valence-electron chi connectivity index (χ4n) is 3.83. The van der Waals surface area contributed by atoms with Crippen molar-refractivity contribution in [2.75, 3.05) is 5.32 Å². The lowest BCUT2D eigenvalue weighted by Crippen LogP contribution is -2.43. The van der Waals surface area contributed by atoms with Gasteiger partial charge in [0.15, 0.2) is 0 Å². The lowest BCUT2D eigenvalue weighted by molar-refractivity contribution is -0.123. The molecule has 1 aliphatic rings. The lowest BCUT2D eigenvalue weighted by atomic mass is 9.89. The zero-order chi connectivity index (χ0) is 22.5. The Kier molecular flexibility index (Phi) is 7.43. The number of hydrogen-bond donors (Lipinski definition) is 2. The summed E-state index contributed by atoms with van der Waals surface area (Å²) in [5, 5.41) is 14.1. The average Bonchev–Trinajstić information content (AvgIpc) is 3.16. The third-order valence-electron chi connectivity index (χ3n) is 5.50. The standard InChI is InChI=1S/C23H33N5O3/c1-14(2)20-12-28(27-26-20)13-23(30)25-18-8-6-7-17(9-18)22-11-19(24-16(5)29)10-21(31-22)15(3)4/h6-9,12,14-15,19,21-22H,10-11,13H2,1-5H3,(H,24,29)(H,25,30)/t19-,21-,22+/m1/s1. The van der Waals surface area contributed by atoms with Gasteiger partial charge in [0.1, 0.15) is 6.54 Å². The summed E-state index contributed by atoms with van der Waals surface area (Å²) in [6, 6.07) is 7.78. The van der Waals surface area contributed by atoms with Gasteiger partial charge in [0.2, 0.25) is 11.8 Å². The first-order valence-corrected chi connectivity index (χ1v) is 10.9. The van der Waals surface area contributed by atoms with Crippen LogP contribution in [-0.2, 0) is 20.9 Å². The molecule has 3 rings (SSSR count). The quantitative estimate of drug-likeness (QED) is 0.706. The van der Waals surface area contributed by atoms with Crippen molar-refractivity contribution in [1.82, 2.24) is 20.3 Å². The van der Waals surface area contributed by atoms with E-state index >= 15 is 0 Å². The Morgan fingerprint density at radius 1 is 1.23 bits per heavy atom. The summed E-state index contributed by atoms with van der Waals surface area (Å²) in [5.41, 5.74) is 2.55. The summed E-state index contributed by atoms with van der Waals surface area (Å²) in [6.45, 7) is 9.97. The van der Waals surface area contributed by atoms with Gasteiger partial charge in [-0.3, -0.25) is 9.59 Å². The molecule has 0 spiro atoms. The maximum absolute atomic E-state index is 12.5. The first kappa shape index (κ1) is 22.9. The van der Waals surface area contributed by atoms with Crippen molar-refractivity contribution >= 4 is 17.5 Å². The zero-order valence-corrected chi connectivity index (χ0v) is 19.0. The van der Waals surface area contributed by atoms with Crippen molar-refractivity contribution in [3.63, 3.8) is 0 Å². The highest BCUT2D eigenvalue weighted by Crippen LogP contribution is 2.35. The molecule has 1 aromatic carbocycles. The molecule has 31 heavy (non-hydrogen) atoms. The van der Waals surface area contributed by atoms with E-state index in [0.717, 1.165) is 17.7 Å². The van der Waals surface area contributed by atoms with Crippen LogP contribution in [0.15, 0.2) is 30.5 Å². The predicted molar refractivity (Wildman–Crippen MR) is 118 cm³/mol. The minimum atomic E-state index is -0.168. The Labute approximate surface area is 183 Å². The second-order valence-corrected chi connectivity index (χ2v) is 8.95. The maximum Gasteiger partial charge on any atom is 0.246 e. The maximum atomic E-state index is 12.5. The molecule has 1 aromatic heterocycles. The van der Waals surface area contributed by atoms with E-state index in [-0.39, 0.29) is 42.5 Å². The molecule has 2 heterocycles. The molecule has 0 unspecified atom stereocenters. The number of nitrogens with one attached hydrogen (secondary N) is 2. The van der Waals surface area contributed by atoms with Crippen molar-refractivity contribution in [1.29, 1.82) is 0 Å². The number of carbonyl (C=O) groups is 2. The van der Waals surface area contributed by atoms with Gasteiger partial charge >= 0.3 is 0 Å². The second kappa shape index (κ2) is 10.0. The van der Waals surface area contributed by atoms with Crippen molar-refractivity contribution < 1.29 is 14.3 Å². The number of benzene rings is 1. The van der Waals surface area contributed by atoms with Gasteiger partial charge in [-0.05, 0) is 42.4 Å². The van der Waals surface area contributed by atoms with Crippen molar-refractivity contribution in [2.24, 2.45) is 5.92 Å². The van der Waals surface area contributed by atoms with Crippen molar-refractivity contribution in [3.8, 4) is 0 Å². The molecular weight excluding hydrogens is 394 g/mol. The summed E-state index contributed by atoms with van der Waals surface area (Å²) in [5.74, 6) is 0.418. The van der Waals surface area contributed by atoms with Crippen LogP contribution in [-0.4, -0.2) is 39.0 Å². The number of hydrogen-bond acceptors (Lipinski definition) is 5. The van der Waals surface area contributed by atoms with Crippen LogP contribution in [0.3, 0.4) is 0 Å². The molecule has 1 saturated heterocycles. The van der Waals surface area contributed by atoms with Crippen LogP contribution in [0.4, 0.5) is 5.69 Å². The molecule has 2 aromatic rings. The van der Waals surface area contributed by atoms with Crippen molar-refractivity contribution in [2.45, 2.75) is 78.2 Å². The Balaban J connectivity index is 1.67. The first-order valence-electron chi connectivity index (χ1n) is 10.9. The molecule has 0 radical (unpaired) electrons. The van der Waals surface area contributed by atoms with Gasteiger partial charge in [-0.15, -0.1) is 5.10 Å². The molecule has 2 amide bonds. The van der Waals surface area contributed by atoms with Crippen LogP contribution in [0, 0.1) is 5.92 Å². The van der Waals surface area contributed by atoms with E-state index in [4.69, 9.17) is 4.74 Å². The fourth-order valence-corrected chi connectivity index (χ4v) is 3.83. The van der Waals surface area contributed by atoms with Crippen LogP contribution in [0.2, 0.25) is 0 Å². The Morgan fingerprint density at radius 3 is 2.65 bits per heavy atom. The van der Waals surface area contributed by atoms with Gasteiger partial charge in [0, 0.05) is 24.8 Å². The highest BCUT2D eigenvalue weighted by molar-refractivity contribution is 5.90. The summed E-state index contributed by atoms with van der Waals surface area (Å²) in [4.78, 5) is 24.1. The minimum Gasteiger partial charge on any atom is -0.370 e. The topological polar surface area (TPSA) is 98.1 Å². The van der Waals surface area contributed by atoms with Crippen LogP contribution >= 0.6 is 0 Å². The molecule has 0 aliphatic carbocycles. The van der Waals surface area contributed by atoms with E-state index in [9.17, 15) is 9.59 Å². The number of rotatable bonds is 7. The molecule has 1 fully saturated rings. The van der Waals surface area contributed by atoms with Gasteiger partial charge in [-0.2, -0.15) is 0 Å². The van der Waals surface area contributed by atoms with Gasteiger partial charge in [0.05, 0.1) is 17.9 Å². The Hall–Kier alpha value is -2.74. The van der Waals surface area contributed by atoms with Gasteiger partial charge < -0.3 is 15.4 Å². The number of aromatic nitrogens is 3. The highest BCUT2D eigenvalue weighted by Gasteiger charge is 2.32. The molecule has 2 N–H and O–H groups in total. The summed E-state index contributed by atoms with van der Waals surface area (Å²) < 4.78 is 7.89. The van der Waals surface area contributed by atoms with Crippen LogP contribution in [0.5, 0.6) is 0 Å². The number of anilines is 1. The molecule has 1 aliphatic heterocycles. The zero-order valence-electron chi connectivity index (χ0n) is 19.0. The average molecular weight is 428 g/mol. The molecule has 0 saturated carbocycles. The molecule has 8 heteroatoms. The monoisotopic (exact) mass is 427 g/mol. The van der Waals surface area contributed by atoms with Gasteiger partial charge in [-0.1, -0.05) is 45.0 Å². The van der Waals surface area contributed by atoms with Gasteiger partial charge in [-0.25, -0.2) is 4.68 Å². The summed E-state index contributed by atoms with van der Waals surface area (Å²) >= 11 is 0. The van der Waals surface area contributed by atoms with Crippen LogP contribution in [0.25, 0.3) is 0 Å². The molecule has 3 atom stereocenters. The molecule has 0 bridgehead atoms. The fraction of sp³-hybridized carbons (Fsp3) is 0.565. The SMILES string of the molecule is CC(=O)N[C@H]1C[C@@H](c2cccc(NC(=O)Cn3cc(C(C)C)nn3)c2)O[C@@H](C(C)C)C1. The molecular formula is C23H33N5O3. The van der Waals surface area contributed by atoms with E-state index in [1.165, 1.54) is 0 Å². The Bertz CT molecular complexity index is 908. The number of ether oxygens (including phenoxy) is 1. The highest BCUT2D eigenvalue weighted by atomic mass is 16.5. The second-order valence-electron chi connectivity index (χ2n) is 8.95. The van der Waals surface area contributed by atoms with E-state index in [1.807, 2.05) is 38.1 Å².